The van der Waals surface area contributed by atoms with Gasteiger partial charge in [0.1, 0.15) is 5.82 Å². The van der Waals surface area contributed by atoms with E-state index in [1.54, 1.807) is 0 Å². The average molecular weight is 334 g/mol. The molecule has 3 rings (SSSR count). The maximum absolute atomic E-state index is 13.1. The second-order valence-electron chi connectivity index (χ2n) is 5.86. The van der Waals surface area contributed by atoms with Crippen LogP contribution in [0.5, 0.6) is 0 Å². The Morgan fingerprint density at radius 3 is 2.20 bits per heavy atom. The summed E-state index contributed by atoms with van der Waals surface area (Å²) in [5, 5.41) is 3.38. The van der Waals surface area contributed by atoms with Crippen molar-refractivity contribution in [3.8, 4) is 0 Å². The van der Waals surface area contributed by atoms with Crippen LogP contribution in [0.2, 0.25) is 0 Å². The van der Waals surface area contributed by atoms with Gasteiger partial charge in [0.2, 0.25) is 0 Å². The van der Waals surface area contributed by atoms with E-state index in [4.69, 9.17) is 5.73 Å². The van der Waals surface area contributed by atoms with Gasteiger partial charge in [-0.25, -0.2) is 4.39 Å². The molecule has 0 aliphatic heterocycles. The summed E-state index contributed by atoms with van der Waals surface area (Å²) in [4.78, 5) is 12.6. The number of nitrogen functional groups attached to an aromatic ring is 1. The van der Waals surface area contributed by atoms with Crippen molar-refractivity contribution >= 4 is 17.2 Å². The molecule has 25 heavy (non-hydrogen) atoms. The van der Waals surface area contributed by atoms with E-state index in [0.717, 1.165) is 11.3 Å². The number of benzene rings is 3. The number of nitrogens with two attached hydrogens (primary N) is 1. The lowest BCUT2D eigenvalue weighted by atomic mass is 9.97. The number of nitrogens with one attached hydrogen (secondary N) is 1. The molecule has 1 unspecified atom stereocenters. The highest BCUT2D eigenvalue weighted by molar-refractivity contribution is 5.96. The summed E-state index contributed by atoms with van der Waals surface area (Å²) in [7, 11) is 0. The van der Waals surface area contributed by atoms with Gasteiger partial charge in [0, 0.05) is 23.4 Å². The number of halogens is 1. The van der Waals surface area contributed by atoms with Crippen molar-refractivity contribution in [3.05, 3.63) is 95.8 Å². The van der Waals surface area contributed by atoms with Crippen LogP contribution in [0.25, 0.3) is 0 Å². The first kappa shape index (κ1) is 16.7. The quantitative estimate of drug-likeness (QED) is 0.501. The van der Waals surface area contributed by atoms with Crippen LogP contribution in [0.15, 0.2) is 78.9 Å². The fourth-order valence-corrected chi connectivity index (χ4v) is 2.66. The number of hydrogen-bond donors (Lipinski definition) is 2. The Morgan fingerprint density at radius 1 is 0.920 bits per heavy atom. The van der Waals surface area contributed by atoms with Gasteiger partial charge in [-0.3, -0.25) is 4.79 Å². The van der Waals surface area contributed by atoms with E-state index in [2.05, 4.69) is 5.32 Å². The Kier molecular flexibility index (Phi) is 5.09. The SMILES string of the molecule is Nc1ccc(NC(CC(=O)c2ccc(F)cc2)c2ccccc2)cc1. The van der Waals surface area contributed by atoms with E-state index in [-0.39, 0.29) is 24.1 Å². The summed E-state index contributed by atoms with van der Waals surface area (Å²) < 4.78 is 13.1. The van der Waals surface area contributed by atoms with Crippen molar-refractivity contribution in [2.24, 2.45) is 0 Å². The maximum Gasteiger partial charge on any atom is 0.165 e. The summed E-state index contributed by atoms with van der Waals surface area (Å²) in [6, 6.07) is 22.6. The summed E-state index contributed by atoms with van der Waals surface area (Å²) in [6.45, 7) is 0. The average Bonchev–Trinajstić information content (AvgIpc) is 2.64. The fourth-order valence-electron chi connectivity index (χ4n) is 2.66. The lowest BCUT2D eigenvalue weighted by molar-refractivity contribution is 0.0976. The standard InChI is InChI=1S/C21H19FN2O/c22-17-8-6-16(7-9-17)21(25)14-20(15-4-2-1-3-5-15)24-19-12-10-18(23)11-13-19/h1-13,20,24H,14,23H2. The molecule has 1 atom stereocenters. The molecule has 0 saturated heterocycles. The minimum atomic E-state index is -0.351. The number of carbonyl (C=O) groups excluding carboxylic acids is 1. The minimum Gasteiger partial charge on any atom is -0.399 e. The number of rotatable bonds is 6. The van der Waals surface area contributed by atoms with E-state index in [0.29, 0.717) is 11.3 Å². The molecular weight excluding hydrogens is 315 g/mol. The summed E-state index contributed by atoms with van der Waals surface area (Å²) >= 11 is 0. The van der Waals surface area contributed by atoms with Gasteiger partial charge in [-0.2, -0.15) is 0 Å². The summed E-state index contributed by atoms with van der Waals surface area (Å²) in [6.07, 6.45) is 0.264. The fraction of sp³-hybridized carbons (Fsp3) is 0.0952. The molecule has 3 aromatic carbocycles. The first-order valence-corrected chi connectivity index (χ1v) is 8.07. The molecule has 0 saturated carbocycles. The zero-order chi connectivity index (χ0) is 17.6. The van der Waals surface area contributed by atoms with Crippen LogP contribution in [-0.4, -0.2) is 5.78 Å². The van der Waals surface area contributed by atoms with E-state index in [1.807, 2.05) is 54.6 Å². The molecule has 0 aromatic heterocycles. The van der Waals surface area contributed by atoms with Gasteiger partial charge in [0.05, 0.1) is 6.04 Å². The number of anilines is 2. The maximum atomic E-state index is 13.1. The summed E-state index contributed by atoms with van der Waals surface area (Å²) in [5.41, 5.74) is 8.80. The molecular formula is C21H19FN2O. The van der Waals surface area contributed by atoms with Crippen molar-refractivity contribution in [3.63, 3.8) is 0 Å². The minimum absolute atomic E-state index is 0.0446. The lowest BCUT2D eigenvalue weighted by Gasteiger charge is -2.20. The van der Waals surface area contributed by atoms with Crippen LogP contribution >= 0.6 is 0 Å². The first-order valence-electron chi connectivity index (χ1n) is 8.07. The van der Waals surface area contributed by atoms with Gasteiger partial charge in [-0.15, -0.1) is 0 Å². The molecule has 0 aliphatic carbocycles. The lowest BCUT2D eigenvalue weighted by Crippen LogP contribution is -2.16. The van der Waals surface area contributed by atoms with E-state index < -0.39 is 0 Å². The second kappa shape index (κ2) is 7.62. The van der Waals surface area contributed by atoms with Crippen LogP contribution in [0, 0.1) is 5.82 Å². The number of Topliss-reactive ketones (excluding diaryl/α,β-unsaturated/α-hetero) is 1. The molecule has 0 amide bonds. The zero-order valence-electron chi connectivity index (χ0n) is 13.7. The van der Waals surface area contributed by atoms with Gasteiger partial charge in [-0.1, -0.05) is 30.3 Å². The Morgan fingerprint density at radius 2 is 1.56 bits per heavy atom. The van der Waals surface area contributed by atoms with E-state index in [1.165, 1.54) is 24.3 Å². The topological polar surface area (TPSA) is 55.1 Å². The van der Waals surface area contributed by atoms with Crippen molar-refractivity contribution in [2.75, 3.05) is 11.1 Å². The molecule has 0 fully saturated rings. The van der Waals surface area contributed by atoms with Crippen molar-refractivity contribution in [1.82, 2.24) is 0 Å². The van der Waals surface area contributed by atoms with E-state index >= 15 is 0 Å². The highest BCUT2D eigenvalue weighted by Crippen LogP contribution is 2.25. The molecule has 0 heterocycles. The van der Waals surface area contributed by atoms with Crippen molar-refractivity contribution < 1.29 is 9.18 Å². The Labute approximate surface area is 146 Å². The van der Waals surface area contributed by atoms with Gasteiger partial charge < -0.3 is 11.1 Å². The van der Waals surface area contributed by atoms with Gasteiger partial charge in [0.25, 0.3) is 0 Å². The van der Waals surface area contributed by atoms with E-state index in [9.17, 15) is 9.18 Å². The number of hydrogen-bond acceptors (Lipinski definition) is 3. The highest BCUT2D eigenvalue weighted by Gasteiger charge is 2.17. The molecule has 3 nitrogen and oxygen atoms in total. The smallest absolute Gasteiger partial charge is 0.165 e. The van der Waals surface area contributed by atoms with Crippen molar-refractivity contribution in [1.29, 1.82) is 0 Å². The van der Waals surface area contributed by atoms with Crippen LogP contribution in [0.4, 0.5) is 15.8 Å². The molecule has 0 radical (unpaired) electrons. The Hall–Kier alpha value is -3.14. The highest BCUT2D eigenvalue weighted by atomic mass is 19.1. The Bertz CT molecular complexity index is 830. The van der Waals surface area contributed by atoms with Gasteiger partial charge >= 0.3 is 0 Å². The second-order valence-corrected chi connectivity index (χ2v) is 5.86. The van der Waals surface area contributed by atoms with Crippen LogP contribution in [0.1, 0.15) is 28.4 Å². The molecule has 0 bridgehead atoms. The van der Waals surface area contributed by atoms with Crippen LogP contribution in [-0.2, 0) is 0 Å². The number of ketones is 1. The normalized spacial score (nSPS) is 11.7. The van der Waals surface area contributed by atoms with Crippen LogP contribution < -0.4 is 11.1 Å². The molecule has 0 spiro atoms. The Balaban J connectivity index is 1.82. The van der Waals surface area contributed by atoms with Crippen molar-refractivity contribution in [2.45, 2.75) is 12.5 Å². The molecule has 0 aliphatic rings. The third kappa shape index (κ3) is 4.44. The predicted molar refractivity (Wildman–Crippen MR) is 99.0 cm³/mol. The molecule has 126 valence electrons. The zero-order valence-corrected chi connectivity index (χ0v) is 13.7. The third-order valence-corrected chi connectivity index (χ3v) is 4.01. The predicted octanol–water partition coefficient (Wildman–Crippen LogP) is 4.83. The van der Waals surface area contributed by atoms with Crippen LogP contribution in [0.3, 0.4) is 0 Å². The molecule has 3 N–H and O–H groups in total. The summed E-state index contributed by atoms with van der Waals surface area (Å²) in [5.74, 6) is -0.395. The largest absolute Gasteiger partial charge is 0.399 e. The molecule has 3 aromatic rings. The monoisotopic (exact) mass is 334 g/mol. The first-order chi connectivity index (χ1) is 12.1. The van der Waals surface area contributed by atoms with Gasteiger partial charge in [0.15, 0.2) is 5.78 Å². The molecule has 4 heteroatoms. The third-order valence-electron chi connectivity index (χ3n) is 4.01. The number of carbonyl (C=O) groups is 1. The van der Waals surface area contributed by atoms with Gasteiger partial charge in [-0.05, 0) is 54.1 Å².